The number of halogens is 1. The van der Waals surface area contributed by atoms with Gasteiger partial charge in [-0.15, -0.1) is 11.3 Å². The van der Waals surface area contributed by atoms with Crippen LogP contribution in [-0.4, -0.2) is 47.4 Å². The number of pyridine rings is 1. The highest BCUT2D eigenvalue weighted by molar-refractivity contribution is 7.18. The molecule has 2 aliphatic rings. The average molecular weight is 433 g/mol. The van der Waals surface area contributed by atoms with E-state index in [1.54, 1.807) is 18.3 Å². The third-order valence-electron chi connectivity index (χ3n) is 5.85. The van der Waals surface area contributed by atoms with Crippen molar-refractivity contribution in [2.45, 2.75) is 44.1 Å². The summed E-state index contributed by atoms with van der Waals surface area (Å²) in [5.74, 6) is -0.416. The first-order valence-electron chi connectivity index (χ1n) is 10.0. The molecule has 1 aliphatic carbocycles. The number of thiophene rings is 1. The van der Waals surface area contributed by atoms with E-state index < -0.39 is 5.54 Å². The number of hydrogen-bond donors (Lipinski definition) is 2. The van der Waals surface area contributed by atoms with Gasteiger partial charge in [0, 0.05) is 25.2 Å². The largest absolute Gasteiger partial charge is 0.337 e. The molecule has 1 fully saturated rings. The number of carbonyl (C=O) groups is 2. The first-order valence-corrected chi connectivity index (χ1v) is 11.2. The van der Waals surface area contributed by atoms with E-state index in [9.17, 15) is 9.59 Å². The van der Waals surface area contributed by atoms with Crippen molar-refractivity contribution in [3.63, 3.8) is 0 Å². The molecule has 3 heterocycles. The molecular formula is C21H25ClN4O2S. The molecule has 2 aromatic rings. The molecule has 0 atom stereocenters. The SMILES string of the molecule is CN1CCc2cc(NC(=O)C3(NC(=O)c4ccc(Cl)s4)CCCC3)cnc2CC1. The summed E-state index contributed by atoms with van der Waals surface area (Å²) in [4.78, 5) is 33.3. The molecule has 0 saturated heterocycles. The van der Waals surface area contributed by atoms with Gasteiger partial charge in [-0.25, -0.2) is 0 Å². The smallest absolute Gasteiger partial charge is 0.262 e. The van der Waals surface area contributed by atoms with Crippen LogP contribution in [0.3, 0.4) is 0 Å². The summed E-state index contributed by atoms with van der Waals surface area (Å²) >= 11 is 7.17. The third kappa shape index (κ3) is 4.47. The Morgan fingerprint density at radius 3 is 2.69 bits per heavy atom. The second-order valence-corrected chi connectivity index (χ2v) is 9.65. The van der Waals surface area contributed by atoms with Gasteiger partial charge in [0.2, 0.25) is 5.91 Å². The van der Waals surface area contributed by atoms with Gasteiger partial charge < -0.3 is 15.5 Å². The number of rotatable bonds is 4. The lowest BCUT2D eigenvalue weighted by molar-refractivity contribution is -0.122. The van der Waals surface area contributed by atoms with Gasteiger partial charge in [-0.05, 0) is 50.1 Å². The second-order valence-electron chi connectivity index (χ2n) is 7.93. The van der Waals surface area contributed by atoms with Gasteiger partial charge in [0.1, 0.15) is 5.54 Å². The van der Waals surface area contributed by atoms with Crippen LogP contribution in [0.25, 0.3) is 0 Å². The zero-order chi connectivity index (χ0) is 20.4. The molecule has 8 heteroatoms. The van der Waals surface area contributed by atoms with Crippen LogP contribution in [-0.2, 0) is 17.6 Å². The molecule has 154 valence electrons. The van der Waals surface area contributed by atoms with Crippen molar-refractivity contribution in [2.24, 2.45) is 0 Å². The van der Waals surface area contributed by atoms with Crippen LogP contribution < -0.4 is 10.6 Å². The van der Waals surface area contributed by atoms with Gasteiger partial charge in [0.25, 0.3) is 5.91 Å². The maximum absolute atomic E-state index is 13.2. The Labute approximate surface area is 179 Å². The predicted molar refractivity (Wildman–Crippen MR) is 116 cm³/mol. The minimum atomic E-state index is -0.888. The maximum atomic E-state index is 13.2. The molecule has 2 N–H and O–H groups in total. The van der Waals surface area contributed by atoms with E-state index in [1.807, 2.05) is 6.07 Å². The fourth-order valence-corrected chi connectivity index (χ4v) is 5.06. The Morgan fingerprint density at radius 1 is 1.21 bits per heavy atom. The summed E-state index contributed by atoms with van der Waals surface area (Å²) in [6, 6.07) is 5.42. The summed E-state index contributed by atoms with van der Waals surface area (Å²) in [5.41, 5.74) is 2.09. The molecule has 0 unspecified atom stereocenters. The number of nitrogens with one attached hydrogen (secondary N) is 2. The summed E-state index contributed by atoms with van der Waals surface area (Å²) in [5, 5.41) is 6.01. The van der Waals surface area contributed by atoms with E-state index in [0.717, 1.165) is 44.5 Å². The van der Waals surface area contributed by atoms with Gasteiger partial charge in [-0.2, -0.15) is 0 Å². The number of likely N-dealkylation sites (N-methyl/N-ethyl adjacent to an activating group) is 1. The summed E-state index contributed by atoms with van der Waals surface area (Å²) < 4.78 is 0.557. The van der Waals surface area contributed by atoms with Crippen LogP contribution in [0.4, 0.5) is 5.69 Å². The number of fused-ring (bicyclic) bond motifs is 1. The van der Waals surface area contributed by atoms with Crippen LogP contribution in [0, 0.1) is 0 Å². The first-order chi connectivity index (χ1) is 13.9. The Hall–Kier alpha value is -1.96. The maximum Gasteiger partial charge on any atom is 0.262 e. The van der Waals surface area contributed by atoms with Gasteiger partial charge in [-0.3, -0.25) is 14.6 Å². The molecule has 0 spiro atoms. The van der Waals surface area contributed by atoms with Crippen molar-refractivity contribution < 1.29 is 9.59 Å². The van der Waals surface area contributed by atoms with Gasteiger partial charge >= 0.3 is 0 Å². The van der Waals surface area contributed by atoms with Crippen molar-refractivity contribution >= 4 is 40.4 Å². The minimum Gasteiger partial charge on any atom is -0.337 e. The van der Waals surface area contributed by atoms with E-state index in [4.69, 9.17) is 11.6 Å². The van der Waals surface area contributed by atoms with Crippen LogP contribution in [0.15, 0.2) is 24.4 Å². The highest BCUT2D eigenvalue weighted by Gasteiger charge is 2.43. The zero-order valence-electron chi connectivity index (χ0n) is 16.5. The average Bonchev–Trinajstić information content (AvgIpc) is 3.31. The molecular weight excluding hydrogens is 408 g/mol. The quantitative estimate of drug-likeness (QED) is 0.775. The van der Waals surface area contributed by atoms with Crippen molar-refractivity contribution in [3.05, 3.63) is 44.9 Å². The lowest BCUT2D eigenvalue weighted by atomic mass is 9.95. The highest BCUT2D eigenvalue weighted by atomic mass is 35.5. The van der Waals surface area contributed by atoms with Crippen molar-refractivity contribution in [2.75, 3.05) is 25.5 Å². The van der Waals surface area contributed by atoms with E-state index in [2.05, 4.69) is 27.6 Å². The highest BCUT2D eigenvalue weighted by Crippen LogP contribution is 2.32. The number of aromatic nitrogens is 1. The number of amides is 2. The van der Waals surface area contributed by atoms with E-state index in [0.29, 0.717) is 27.7 Å². The fraction of sp³-hybridized carbons (Fsp3) is 0.476. The minimum absolute atomic E-state index is 0.168. The van der Waals surface area contributed by atoms with Gasteiger partial charge in [-0.1, -0.05) is 24.4 Å². The van der Waals surface area contributed by atoms with Crippen molar-refractivity contribution in [3.8, 4) is 0 Å². The fourth-order valence-electron chi connectivity index (χ4n) is 4.12. The van der Waals surface area contributed by atoms with Crippen LogP contribution in [0.1, 0.15) is 46.6 Å². The molecule has 2 aromatic heterocycles. The van der Waals surface area contributed by atoms with E-state index in [1.165, 1.54) is 16.9 Å². The molecule has 29 heavy (non-hydrogen) atoms. The van der Waals surface area contributed by atoms with Crippen LogP contribution >= 0.6 is 22.9 Å². The van der Waals surface area contributed by atoms with E-state index in [-0.39, 0.29) is 11.8 Å². The normalized spacial score (nSPS) is 18.7. The third-order valence-corrected chi connectivity index (χ3v) is 7.08. The summed E-state index contributed by atoms with van der Waals surface area (Å²) in [7, 11) is 2.11. The molecule has 2 amide bonds. The topological polar surface area (TPSA) is 74.3 Å². The van der Waals surface area contributed by atoms with Crippen molar-refractivity contribution in [1.29, 1.82) is 0 Å². The monoisotopic (exact) mass is 432 g/mol. The Bertz CT molecular complexity index is 923. The summed E-state index contributed by atoms with van der Waals surface area (Å²) in [6.07, 6.45) is 6.65. The molecule has 1 aliphatic heterocycles. The Kier molecular flexibility index (Phi) is 5.90. The number of hydrogen-bond acceptors (Lipinski definition) is 5. The molecule has 4 rings (SSSR count). The number of nitrogens with zero attached hydrogens (tertiary/aromatic N) is 2. The molecule has 0 bridgehead atoms. The Morgan fingerprint density at radius 2 is 1.97 bits per heavy atom. The Balaban J connectivity index is 1.50. The standard InChI is InChI=1S/C21H25ClN4O2S/c1-26-10-6-14-12-15(13-23-16(14)7-11-26)24-20(28)21(8-2-3-9-21)25-19(27)17-4-5-18(22)29-17/h4-5,12-13H,2-3,6-11H2,1H3,(H,24,28)(H,25,27). The first kappa shape index (κ1) is 20.3. The van der Waals surface area contributed by atoms with Gasteiger partial charge in [0.05, 0.1) is 21.1 Å². The van der Waals surface area contributed by atoms with Crippen LogP contribution in [0.2, 0.25) is 4.34 Å². The van der Waals surface area contributed by atoms with Gasteiger partial charge in [0.15, 0.2) is 0 Å². The molecule has 0 aromatic carbocycles. The lowest BCUT2D eigenvalue weighted by Gasteiger charge is -2.29. The number of carbonyl (C=O) groups excluding carboxylic acids is 2. The second kappa shape index (κ2) is 8.42. The predicted octanol–water partition coefficient (Wildman–Crippen LogP) is 3.51. The zero-order valence-corrected chi connectivity index (χ0v) is 18.0. The van der Waals surface area contributed by atoms with E-state index >= 15 is 0 Å². The lowest BCUT2D eigenvalue weighted by Crippen LogP contribution is -2.54. The number of anilines is 1. The molecule has 0 radical (unpaired) electrons. The van der Waals surface area contributed by atoms with Crippen molar-refractivity contribution in [1.82, 2.24) is 15.2 Å². The summed E-state index contributed by atoms with van der Waals surface area (Å²) in [6.45, 7) is 1.98. The van der Waals surface area contributed by atoms with Crippen LogP contribution in [0.5, 0.6) is 0 Å². The molecule has 1 saturated carbocycles. The molecule has 6 nitrogen and oxygen atoms in total.